The van der Waals surface area contributed by atoms with Gasteiger partial charge in [0.25, 0.3) is 0 Å². The van der Waals surface area contributed by atoms with Crippen LogP contribution in [0.2, 0.25) is 5.02 Å². The van der Waals surface area contributed by atoms with Crippen molar-refractivity contribution < 1.29 is 5.11 Å². The highest BCUT2D eigenvalue weighted by molar-refractivity contribution is 6.30. The van der Waals surface area contributed by atoms with Crippen LogP contribution < -0.4 is 10.2 Å². The van der Waals surface area contributed by atoms with Crippen molar-refractivity contribution in [3.63, 3.8) is 0 Å². The number of nitrogens with one attached hydrogen (secondary N) is 1. The summed E-state index contributed by atoms with van der Waals surface area (Å²) in [4.78, 5) is 2.30. The van der Waals surface area contributed by atoms with Gasteiger partial charge in [-0.25, -0.2) is 0 Å². The number of nitrogens with zero attached hydrogens (tertiary/aromatic N) is 3. The highest BCUT2D eigenvalue weighted by Gasteiger charge is 2.36. The summed E-state index contributed by atoms with van der Waals surface area (Å²) in [6, 6.07) is 8.89. The van der Waals surface area contributed by atoms with Crippen LogP contribution in [0, 0.1) is 11.8 Å². The second-order valence-electron chi connectivity index (χ2n) is 6.02. The topological polar surface area (TPSA) is 61.3 Å². The van der Waals surface area contributed by atoms with Gasteiger partial charge in [-0.05, 0) is 42.2 Å². The number of fused-ring (bicyclic) bond motifs is 1. The van der Waals surface area contributed by atoms with E-state index in [9.17, 15) is 5.11 Å². The van der Waals surface area contributed by atoms with E-state index in [1.165, 1.54) is 6.07 Å². The lowest BCUT2D eigenvalue weighted by Crippen LogP contribution is -2.26. The molecule has 0 aliphatic carbocycles. The molecule has 1 aromatic heterocycles. The van der Waals surface area contributed by atoms with E-state index in [0.29, 0.717) is 16.3 Å². The Balaban J connectivity index is 1.56. The van der Waals surface area contributed by atoms with Crippen molar-refractivity contribution in [1.29, 1.82) is 0 Å². The van der Waals surface area contributed by atoms with Gasteiger partial charge in [0.05, 0.1) is 5.69 Å². The third-order valence-electron chi connectivity index (χ3n) is 4.60. The zero-order valence-corrected chi connectivity index (χ0v) is 12.8. The molecule has 5 nitrogen and oxygen atoms in total. The lowest BCUT2D eigenvalue weighted by Gasteiger charge is -2.18. The molecule has 0 unspecified atom stereocenters. The van der Waals surface area contributed by atoms with Crippen molar-refractivity contribution in [1.82, 2.24) is 15.5 Å². The van der Waals surface area contributed by atoms with E-state index in [1.807, 2.05) is 12.1 Å². The molecule has 0 saturated carbocycles. The Morgan fingerprint density at radius 1 is 1.09 bits per heavy atom. The van der Waals surface area contributed by atoms with Gasteiger partial charge >= 0.3 is 0 Å². The highest BCUT2D eigenvalue weighted by Crippen LogP contribution is 2.32. The first-order valence-electron chi connectivity index (χ1n) is 7.49. The van der Waals surface area contributed by atoms with Gasteiger partial charge in [-0.2, -0.15) is 0 Å². The standard InChI is InChI=1S/C16H17ClN4O/c17-12-1-2-13(15(22)5-12)14-3-4-16(20-19-14)21-8-10-6-18-7-11(10)9-21/h1-5,10-11,18,22H,6-9H2/t10-,11+. The predicted octanol–water partition coefficient (Wildman–Crippen LogP) is 2.16. The van der Waals surface area contributed by atoms with Crippen LogP contribution in [0.3, 0.4) is 0 Å². The second-order valence-corrected chi connectivity index (χ2v) is 6.46. The molecule has 1 aromatic carbocycles. The minimum absolute atomic E-state index is 0.122. The summed E-state index contributed by atoms with van der Waals surface area (Å²) < 4.78 is 0. The molecule has 0 amide bonds. The number of aromatic nitrogens is 2. The fourth-order valence-electron chi connectivity index (χ4n) is 3.40. The quantitative estimate of drug-likeness (QED) is 0.889. The number of anilines is 1. The first-order valence-corrected chi connectivity index (χ1v) is 7.87. The average Bonchev–Trinajstić information content (AvgIpc) is 3.09. The molecule has 4 rings (SSSR count). The lowest BCUT2D eigenvalue weighted by atomic mass is 10.0. The van der Waals surface area contributed by atoms with E-state index >= 15 is 0 Å². The summed E-state index contributed by atoms with van der Waals surface area (Å²) in [5.74, 6) is 2.48. The van der Waals surface area contributed by atoms with Crippen LogP contribution in [-0.2, 0) is 0 Å². The summed E-state index contributed by atoms with van der Waals surface area (Å²) in [7, 11) is 0. The van der Waals surface area contributed by atoms with Gasteiger partial charge in [-0.1, -0.05) is 11.6 Å². The molecule has 0 spiro atoms. The van der Waals surface area contributed by atoms with Crippen molar-refractivity contribution in [2.45, 2.75) is 0 Å². The number of rotatable bonds is 2. The van der Waals surface area contributed by atoms with E-state index in [1.54, 1.807) is 12.1 Å². The monoisotopic (exact) mass is 316 g/mol. The molecule has 2 atom stereocenters. The zero-order valence-electron chi connectivity index (χ0n) is 12.0. The van der Waals surface area contributed by atoms with Crippen LogP contribution in [-0.4, -0.2) is 41.5 Å². The van der Waals surface area contributed by atoms with Crippen molar-refractivity contribution in [3.8, 4) is 17.0 Å². The Labute approximate surface area is 133 Å². The Morgan fingerprint density at radius 3 is 2.50 bits per heavy atom. The molecule has 114 valence electrons. The maximum atomic E-state index is 9.96. The van der Waals surface area contributed by atoms with Gasteiger partial charge in [0.2, 0.25) is 0 Å². The van der Waals surface area contributed by atoms with Crippen LogP contribution in [0.25, 0.3) is 11.3 Å². The van der Waals surface area contributed by atoms with E-state index in [0.717, 1.165) is 43.8 Å². The first-order chi connectivity index (χ1) is 10.7. The largest absolute Gasteiger partial charge is 0.507 e. The normalized spacial score (nSPS) is 23.8. The van der Waals surface area contributed by atoms with Crippen LogP contribution in [0.1, 0.15) is 0 Å². The Bertz CT molecular complexity index is 679. The molecule has 6 heteroatoms. The smallest absolute Gasteiger partial charge is 0.151 e. The van der Waals surface area contributed by atoms with Gasteiger partial charge < -0.3 is 15.3 Å². The first kappa shape index (κ1) is 13.8. The van der Waals surface area contributed by atoms with Crippen LogP contribution in [0.15, 0.2) is 30.3 Å². The number of benzene rings is 1. The number of aromatic hydroxyl groups is 1. The third-order valence-corrected chi connectivity index (χ3v) is 4.83. The van der Waals surface area contributed by atoms with Gasteiger partial charge in [-0.3, -0.25) is 0 Å². The highest BCUT2D eigenvalue weighted by atomic mass is 35.5. The van der Waals surface area contributed by atoms with Crippen LogP contribution in [0.5, 0.6) is 5.75 Å². The van der Waals surface area contributed by atoms with E-state index < -0.39 is 0 Å². The Kier molecular flexibility index (Phi) is 3.39. The third kappa shape index (κ3) is 2.40. The lowest BCUT2D eigenvalue weighted by molar-refractivity contribution is 0.477. The van der Waals surface area contributed by atoms with Gasteiger partial charge in [0.15, 0.2) is 5.82 Å². The Hall–Kier alpha value is -1.85. The number of hydrogen-bond donors (Lipinski definition) is 2. The van der Waals surface area contributed by atoms with Crippen molar-refractivity contribution >= 4 is 17.4 Å². The van der Waals surface area contributed by atoms with Gasteiger partial charge in [0, 0.05) is 36.8 Å². The van der Waals surface area contributed by atoms with E-state index in [4.69, 9.17) is 11.6 Å². The molecule has 0 radical (unpaired) electrons. The minimum Gasteiger partial charge on any atom is -0.507 e. The van der Waals surface area contributed by atoms with Crippen LogP contribution >= 0.6 is 11.6 Å². The second kappa shape index (κ2) is 5.41. The molecule has 2 saturated heterocycles. The zero-order chi connectivity index (χ0) is 15.1. The maximum Gasteiger partial charge on any atom is 0.151 e. The van der Waals surface area contributed by atoms with Crippen molar-refractivity contribution in [3.05, 3.63) is 35.4 Å². The molecule has 22 heavy (non-hydrogen) atoms. The molecular formula is C16H17ClN4O. The molecule has 2 N–H and O–H groups in total. The number of hydrogen-bond acceptors (Lipinski definition) is 5. The fraction of sp³-hybridized carbons (Fsp3) is 0.375. The predicted molar refractivity (Wildman–Crippen MR) is 86.2 cm³/mol. The molecule has 2 fully saturated rings. The summed E-state index contributed by atoms with van der Waals surface area (Å²) in [6.07, 6.45) is 0. The van der Waals surface area contributed by atoms with Crippen molar-refractivity contribution in [2.75, 3.05) is 31.1 Å². The molecular weight excluding hydrogens is 300 g/mol. The SMILES string of the molecule is Oc1cc(Cl)ccc1-c1ccc(N2C[C@H]3CNC[C@H]3C2)nn1. The maximum absolute atomic E-state index is 9.96. The minimum atomic E-state index is 0.122. The number of phenols is 1. The number of halogens is 1. The van der Waals surface area contributed by atoms with Crippen LogP contribution in [0.4, 0.5) is 5.82 Å². The molecule has 2 aliphatic rings. The van der Waals surface area contributed by atoms with Crippen molar-refractivity contribution in [2.24, 2.45) is 11.8 Å². The van der Waals surface area contributed by atoms with Gasteiger partial charge in [0.1, 0.15) is 5.75 Å². The summed E-state index contributed by atoms with van der Waals surface area (Å²) in [5.41, 5.74) is 1.30. The van der Waals surface area contributed by atoms with E-state index in [-0.39, 0.29) is 5.75 Å². The summed E-state index contributed by atoms with van der Waals surface area (Å²) in [6.45, 7) is 4.28. The molecule has 3 heterocycles. The summed E-state index contributed by atoms with van der Waals surface area (Å²) >= 11 is 5.85. The summed E-state index contributed by atoms with van der Waals surface area (Å²) in [5, 5.41) is 22.5. The van der Waals surface area contributed by atoms with E-state index in [2.05, 4.69) is 20.4 Å². The average molecular weight is 317 g/mol. The fourth-order valence-corrected chi connectivity index (χ4v) is 3.57. The molecule has 0 bridgehead atoms. The van der Waals surface area contributed by atoms with Gasteiger partial charge in [-0.15, -0.1) is 10.2 Å². The Morgan fingerprint density at radius 2 is 1.86 bits per heavy atom. The number of phenolic OH excluding ortho intramolecular Hbond substituents is 1. The molecule has 2 aliphatic heterocycles. The molecule has 2 aromatic rings.